The normalized spacial score (nSPS) is 13.5. The van der Waals surface area contributed by atoms with Crippen LogP contribution in [0.3, 0.4) is 0 Å². The Morgan fingerprint density at radius 3 is 1.69 bits per heavy atom. The van der Waals surface area contributed by atoms with Crippen LogP contribution in [0.2, 0.25) is 0 Å². The van der Waals surface area contributed by atoms with E-state index in [1.54, 1.807) is 13.3 Å². The number of hydrogen-bond acceptors (Lipinski definition) is 3. The zero-order chi connectivity index (χ0) is 40.6. The molecular weight excluding hydrogens is 733 g/mol. The maximum Gasteiger partial charge on any atom is 0.0540 e. The Hall–Kier alpha value is -6.42. The number of anilines is 3. The average molecular weight is 783 g/mol. The van der Waals surface area contributed by atoms with Gasteiger partial charge in [0, 0.05) is 39.7 Å². The van der Waals surface area contributed by atoms with Crippen LogP contribution in [0.4, 0.5) is 17.1 Å². The minimum atomic E-state index is 0.263. The van der Waals surface area contributed by atoms with Crippen LogP contribution in [-0.2, 0) is 6.42 Å². The summed E-state index contributed by atoms with van der Waals surface area (Å²) in [6.07, 6.45) is 10.2. The molecule has 0 spiro atoms. The number of fused-ring (bicyclic) bond motifs is 2. The number of rotatable bonds is 9. The summed E-state index contributed by atoms with van der Waals surface area (Å²) in [7, 11) is 1.78. The fourth-order valence-electron chi connectivity index (χ4n) is 7.73. The molecule has 1 aliphatic heterocycles. The molecule has 0 aromatic heterocycles. The van der Waals surface area contributed by atoms with Gasteiger partial charge in [0.25, 0.3) is 0 Å². The van der Waals surface area contributed by atoms with E-state index in [2.05, 4.69) is 225 Å². The van der Waals surface area contributed by atoms with Crippen molar-refractivity contribution in [2.24, 2.45) is 4.99 Å². The fourth-order valence-corrected chi connectivity index (χ4v) is 8.91. The Morgan fingerprint density at radius 1 is 0.576 bits per heavy atom. The average Bonchev–Trinajstić information content (AvgIpc) is 3.65. The third-order valence-electron chi connectivity index (χ3n) is 10.9. The molecule has 0 amide bonds. The lowest BCUT2D eigenvalue weighted by Gasteiger charge is -2.27. The molecule has 0 bridgehead atoms. The van der Waals surface area contributed by atoms with Crippen LogP contribution in [0.1, 0.15) is 48.1 Å². The number of allylic oxidation sites excluding steroid dienone is 2. The van der Waals surface area contributed by atoms with Crippen molar-refractivity contribution >= 4 is 67.6 Å². The zero-order valence-corrected chi connectivity index (χ0v) is 35.2. The maximum absolute atomic E-state index is 4.00. The van der Waals surface area contributed by atoms with E-state index in [1.165, 1.54) is 71.1 Å². The summed E-state index contributed by atoms with van der Waals surface area (Å²) >= 11 is 1.98. The van der Waals surface area contributed by atoms with Gasteiger partial charge in [-0.2, -0.15) is 0 Å². The first-order chi connectivity index (χ1) is 28.8. The monoisotopic (exact) mass is 782 g/mol. The molecule has 59 heavy (non-hydrogen) atoms. The zero-order valence-electron chi connectivity index (χ0n) is 34.3. The molecule has 0 radical (unpaired) electrons. The molecule has 0 saturated heterocycles. The van der Waals surface area contributed by atoms with Gasteiger partial charge < -0.3 is 4.90 Å². The minimum Gasteiger partial charge on any atom is -0.310 e. The first kappa shape index (κ1) is 39.4. The Labute approximate surface area is 354 Å². The minimum absolute atomic E-state index is 0.263. The molecule has 290 valence electrons. The van der Waals surface area contributed by atoms with Crippen molar-refractivity contribution in [2.75, 3.05) is 11.9 Å². The van der Waals surface area contributed by atoms with Gasteiger partial charge in [-0.25, -0.2) is 0 Å². The topological polar surface area (TPSA) is 15.6 Å². The molecule has 0 unspecified atom stereocenters. The predicted molar refractivity (Wildman–Crippen MR) is 260 cm³/mol. The molecular formula is C56H50N2S. The van der Waals surface area contributed by atoms with Gasteiger partial charge in [0.05, 0.1) is 5.69 Å². The van der Waals surface area contributed by atoms with E-state index in [0.29, 0.717) is 0 Å². The molecule has 0 N–H and O–H groups in total. The summed E-state index contributed by atoms with van der Waals surface area (Å²) in [5.74, 6) is 0. The Morgan fingerprint density at radius 2 is 1.10 bits per heavy atom. The van der Waals surface area contributed by atoms with Crippen LogP contribution < -0.4 is 4.90 Å². The van der Waals surface area contributed by atoms with Crippen LogP contribution in [0.15, 0.2) is 199 Å². The first-order valence-corrected chi connectivity index (χ1v) is 21.2. The van der Waals surface area contributed by atoms with Crippen LogP contribution >= 0.6 is 11.8 Å². The second-order valence-corrected chi connectivity index (χ2v) is 17.5. The maximum atomic E-state index is 4.00. The first-order valence-electron chi connectivity index (χ1n) is 20.4. The van der Waals surface area contributed by atoms with Gasteiger partial charge in [-0.05, 0) is 111 Å². The largest absolute Gasteiger partial charge is 0.310 e. The van der Waals surface area contributed by atoms with Crippen molar-refractivity contribution in [3.05, 3.63) is 222 Å². The highest BCUT2D eigenvalue weighted by molar-refractivity contribution is 8.09. The van der Waals surface area contributed by atoms with E-state index in [0.717, 1.165) is 24.2 Å². The molecule has 8 aromatic carbocycles. The predicted octanol–water partition coefficient (Wildman–Crippen LogP) is 15.7. The summed E-state index contributed by atoms with van der Waals surface area (Å²) in [5.41, 5.74) is 12.3. The number of aliphatic imine (C=N–C) groups is 1. The van der Waals surface area contributed by atoms with Gasteiger partial charge in [-0.1, -0.05) is 178 Å². The third kappa shape index (κ3) is 9.49. The van der Waals surface area contributed by atoms with Crippen molar-refractivity contribution in [3.63, 3.8) is 0 Å². The second-order valence-electron chi connectivity index (χ2n) is 15.7. The van der Waals surface area contributed by atoms with Gasteiger partial charge in [0.15, 0.2) is 0 Å². The van der Waals surface area contributed by atoms with E-state index in [4.69, 9.17) is 0 Å². The number of hydrogen-bond donors (Lipinski definition) is 0. The van der Waals surface area contributed by atoms with Crippen molar-refractivity contribution in [3.8, 4) is 11.1 Å². The van der Waals surface area contributed by atoms with Crippen molar-refractivity contribution in [1.82, 2.24) is 0 Å². The molecule has 3 heteroatoms. The summed E-state index contributed by atoms with van der Waals surface area (Å²) in [6.45, 7) is 6.78. The quantitative estimate of drug-likeness (QED) is 0.136. The molecule has 0 aliphatic carbocycles. The SMILES string of the molecule is CN=C/C=C/c1ccc(Cc2ccc(-c3ccc(N(c4ccc(C5=CCC(C)(C)S5)cc4)c4cccc5ccccc45)cc3)cc2)cc1.Cc1cccc2ccccc12. The van der Waals surface area contributed by atoms with Gasteiger partial charge >= 0.3 is 0 Å². The van der Waals surface area contributed by atoms with Crippen LogP contribution in [0, 0.1) is 6.92 Å². The third-order valence-corrected chi connectivity index (χ3v) is 12.3. The molecule has 0 saturated carbocycles. The summed E-state index contributed by atoms with van der Waals surface area (Å²) in [4.78, 5) is 7.76. The smallest absolute Gasteiger partial charge is 0.0540 e. The Balaban J connectivity index is 0.000000378. The van der Waals surface area contributed by atoms with Gasteiger partial charge in [-0.15, -0.1) is 11.8 Å². The summed E-state index contributed by atoms with van der Waals surface area (Å²) in [5, 5.41) is 5.15. The molecule has 9 rings (SSSR count). The van der Waals surface area contributed by atoms with Crippen LogP contribution in [0.25, 0.3) is 43.7 Å². The molecule has 1 aliphatic rings. The Bertz CT molecular complexity index is 2750. The summed E-state index contributed by atoms with van der Waals surface area (Å²) in [6, 6.07) is 65.8. The van der Waals surface area contributed by atoms with Crippen molar-refractivity contribution in [1.29, 1.82) is 0 Å². The highest BCUT2D eigenvalue weighted by atomic mass is 32.2. The van der Waals surface area contributed by atoms with Gasteiger partial charge in [0.2, 0.25) is 0 Å². The molecule has 0 atom stereocenters. The number of thioether (sulfide) groups is 1. The van der Waals surface area contributed by atoms with E-state index in [1.807, 2.05) is 17.8 Å². The molecule has 1 heterocycles. The lowest BCUT2D eigenvalue weighted by atomic mass is 9.99. The van der Waals surface area contributed by atoms with Crippen molar-refractivity contribution in [2.45, 2.75) is 38.4 Å². The molecule has 2 nitrogen and oxygen atoms in total. The number of benzene rings is 8. The highest BCUT2D eigenvalue weighted by Crippen LogP contribution is 2.47. The van der Waals surface area contributed by atoms with E-state index in [-0.39, 0.29) is 4.75 Å². The van der Waals surface area contributed by atoms with Gasteiger partial charge in [0.1, 0.15) is 0 Å². The molecule has 0 fully saturated rings. The molecule has 8 aromatic rings. The van der Waals surface area contributed by atoms with E-state index in [9.17, 15) is 0 Å². The lowest BCUT2D eigenvalue weighted by Crippen LogP contribution is -2.10. The Kier molecular flexibility index (Phi) is 12.0. The standard InChI is InChI=1S/C45H40N2S.C11H10/c1-45(2)30-29-44(48-45)39-23-27-41(28-24-39)47(43-12-6-10-38-9-4-5-11-42(38)43)40-25-21-37(22-26-40)36-19-17-35(18-20-36)32-34-15-13-33(14-16-34)8-7-31-46-3;1-9-5-4-7-10-6-2-3-8-11(9)10/h4-29,31H,30,32H2,1-3H3;2-8H,1H3/b8-7+,46-31?;. The fraction of sp³-hybridized carbons (Fsp3) is 0.125. The van der Waals surface area contributed by atoms with E-state index < -0.39 is 0 Å². The summed E-state index contributed by atoms with van der Waals surface area (Å²) < 4.78 is 0.263. The van der Waals surface area contributed by atoms with Gasteiger partial charge in [-0.3, -0.25) is 4.99 Å². The lowest BCUT2D eigenvalue weighted by molar-refractivity contribution is 0.740. The van der Waals surface area contributed by atoms with Crippen LogP contribution in [0.5, 0.6) is 0 Å². The number of aryl methyl sites for hydroxylation is 1. The highest BCUT2D eigenvalue weighted by Gasteiger charge is 2.26. The second kappa shape index (κ2) is 18.0. The number of nitrogens with zero attached hydrogens (tertiary/aromatic N) is 2. The van der Waals surface area contributed by atoms with Crippen molar-refractivity contribution < 1.29 is 0 Å². The van der Waals surface area contributed by atoms with Crippen LogP contribution in [-0.4, -0.2) is 18.0 Å². The van der Waals surface area contributed by atoms with E-state index >= 15 is 0 Å².